The van der Waals surface area contributed by atoms with Crippen molar-refractivity contribution in [3.05, 3.63) is 11.1 Å². The summed E-state index contributed by atoms with van der Waals surface area (Å²) in [7, 11) is 0. The summed E-state index contributed by atoms with van der Waals surface area (Å²) in [5, 5.41) is 0. The van der Waals surface area contributed by atoms with E-state index in [-0.39, 0.29) is 5.41 Å². The fraction of sp³-hybridized carbons (Fsp3) is 0.786. The Labute approximate surface area is 93.9 Å². The van der Waals surface area contributed by atoms with E-state index in [2.05, 4.69) is 27.7 Å². The number of hydrogen-bond acceptors (Lipinski definition) is 1. The first-order valence-electron chi connectivity index (χ1n) is 6.04. The van der Waals surface area contributed by atoms with Gasteiger partial charge >= 0.3 is 0 Å². The summed E-state index contributed by atoms with van der Waals surface area (Å²) in [4.78, 5) is 11.1. The molecule has 0 heterocycles. The molecule has 0 bridgehead atoms. The lowest BCUT2D eigenvalue weighted by atomic mass is 9.65. The van der Waals surface area contributed by atoms with Crippen molar-refractivity contribution in [2.75, 3.05) is 0 Å². The predicted octanol–water partition coefficient (Wildman–Crippen LogP) is 4.13. The van der Waals surface area contributed by atoms with E-state index in [9.17, 15) is 4.79 Å². The Bertz CT molecular complexity index is 284. The van der Waals surface area contributed by atoms with Crippen LogP contribution in [0.3, 0.4) is 0 Å². The zero-order valence-corrected chi connectivity index (χ0v) is 10.8. The molecule has 0 N–H and O–H groups in total. The van der Waals surface area contributed by atoms with Crippen LogP contribution in [0.15, 0.2) is 11.1 Å². The number of carbonyl (C=O) groups is 1. The van der Waals surface area contributed by atoms with Crippen LogP contribution >= 0.6 is 0 Å². The van der Waals surface area contributed by atoms with Gasteiger partial charge in [-0.15, -0.1) is 0 Å². The van der Waals surface area contributed by atoms with Crippen molar-refractivity contribution in [2.24, 2.45) is 11.3 Å². The molecule has 1 heteroatoms. The van der Waals surface area contributed by atoms with Crippen LogP contribution in [0.5, 0.6) is 0 Å². The number of hydrogen-bond donors (Lipinski definition) is 0. The van der Waals surface area contributed by atoms with Crippen molar-refractivity contribution in [2.45, 2.75) is 60.3 Å². The van der Waals surface area contributed by atoms with Crippen LogP contribution < -0.4 is 0 Å². The summed E-state index contributed by atoms with van der Waals surface area (Å²) >= 11 is 0. The summed E-state index contributed by atoms with van der Waals surface area (Å²) in [6, 6.07) is 0. The second-order valence-corrected chi connectivity index (χ2v) is 5.62. The van der Waals surface area contributed by atoms with Gasteiger partial charge in [-0.1, -0.05) is 31.9 Å². The standard InChI is InChI=1S/C14H24O/c1-10-6-7-11(2)14(4,5)13(10)9-8-12(3)15/h11H,6-9H2,1-5H3/t11-/m1/s1. The highest BCUT2D eigenvalue weighted by Crippen LogP contribution is 2.46. The molecule has 1 nitrogen and oxygen atoms in total. The molecule has 0 aromatic rings. The third-order valence-electron chi connectivity index (χ3n) is 4.20. The summed E-state index contributed by atoms with van der Waals surface area (Å²) in [5.41, 5.74) is 3.36. The molecule has 0 amide bonds. The Balaban J connectivity index is 2.85. The van der Waals surface area contributed by atoms with Crippen LogP contribution in [0.2, 0.25) is 0 Å². The van der Waals surface area contributed by atoms with Crippen LogP contribution in [0, 0.1) is 11.3 Å². The van der Waals surface area contributed by atoms with Gasteiger partial charge in [0.25, 0.3) is 0 Å². The Kier molecular flexibility index (Phi) is 3.75. The van der Waals surface area contributed by atoms with Gasteiger partial charge in [-0.25, -0.2) is 0 Å². The third kappa shape index (κ3) is 2.70. The maximum Gasteiger partial charge on any atom is 0.130 e. The van der Waals surface area contributed by atoms with E-state index in [0.29, 0.717) is 12.2 Å². The maximum atomic E-state index is 11.1. The molecule has 0 saturated heterocycles. The van der Waals surface area contributed by atoms with E-state index < -0.39 is 0 Å². The van der Waals surface area contributed by atoms with Gasteiger partial charge in [0, 0.05) is 6.42 Å². The van der Waals surface area contributed by atoms with Gasteiger partial charge in [-0.05, 0) is 44.4 Å². The molecule has 1 rings (SSSR count). The third-order valence-corrected chi connectivity index (χ3v) is 4.20. The minimum Gasteiger partial charge on any atom is -0.300 e. The normalized spacial score (nSPS) is 25.5. The first kappa shape index (κ1) is 12.5. The van der Waals surface area contributed by atoms with Crippen molar-refractivity contribution in [3.63, 3.8) is 0 Å². The van der Waals surface area contributed by atoms with Gasteiger partial charge in [-0.2, -0.15) is 0 Å². The number of ketones is 1. The smallest absolute Gasteiger partial charge is 0.130 e. The highest BCUT2D eigenvalue weighted by atomic mass is 16.1. The molecule has 0 aliphatic heterocycles. The Morgan fingerprint density at radius 1 is 1.47 bits per heavy atom. The lowest BCUT2D eigenvalue weighted by Gasteiger charge is -2.40. The average molecular weight is 208 g/mol. The fourth-order valence-corrected chi connectivity index (χ4v) is 2.63. The van der Waals surface area contributed by atoms with Crippen LogP contribution in [0.25, 0.3) is 0 Å². The minimum absolute atomic E-state index is 0.289. The molecule has 0 radical (unpaired) electrons. The van der Waals surface area contributed by atoms with Gasteiger partial charge in [0.1, 0.15) is 5.78 Å². The predicted molar refractivity (Wildman–Crippen MR) is 64.8 cm³/mol. The molecule has 0 aromatic heterocycles. The molecule has 15 heavy (non-hydrogen) atoms. The van der Waals surface area contributed by atoms with E-state index >= 15 is 0 Å². The molecule has 1 atom stereocenters. The second kappa shape index (κ2) is 4.51. The number of rotatable bonds is 3. The highest BCUT2D eigenvalue weighted by Gasteiger charge is 2.33. The Morgan fingerprint density at radius 3 is 2.60 bits per heavy atom. The van der Waals surface area contributed by atoms with Crippen LogP contribution in [0.1, 0.15) is 60.3 Å². The largest absolute Gasteiger partial charge is 0.300 e. The van der Waals surface area contributed by atoms with Gasteiger partial charge in [0.05, 0.1) is 0 Å². The number of carbonyl (C=O) groups excluding carboxylic acids is 1. The van der Waals surface area contributed by atoms with Gasteiger partial charge in [0.15, 0.2) is 0 Å². The van der Waals surface area contributed by atoms with Crippen LogP contribution in [-0.2, 0) is 4.79 Å². The summed E-state index contributed by atoms with van der Waals surface area (Å²) in [6.07, 6.45) is 4.20. The second-order valence-electron chi connectivity index (χ2n) is 5.62. The molecule has 1 aliphatic carbocycles. The first-order chi connectivity index (χ1) is 6.85. The Hall–Kier alpha value is -0.590. The highest BCUT2D eigenvalue weighted by molar-refractivity contribution is 5.75. The van der Waals surface area contributed by atoms with E-state index in [0.717, 1.165) is 12.3 Å². The molecule has 0 unspecified atom stereocenters. The summed E-state index contributed by atoms with van der Waals surface area (Å²) in [5.74, 6) is 1.05. The van der Waals surface area contributed by atoms with Crippen molar-refractivity contribution in [1.29, 1.82) is 0 Å². The molecule has 0 fully saturated rings. The average Bonchev–Trinajstić information content (AvgIpc) is 2.11. The lowest BCUT2D eigenvalue weighted by Crippen LogP contribution is -2.29. The number of Topliss-reactive ketones (excluding diaryl/α,β-unsaturated/α-hetero) is 1. The molecule has 0 saturated carbocycles. The zero-order chi connectivity index (χ0) is 11.6. The van der Waals surface area contributed by atoms with Gasteiger partial charge < -0.3 is 4.79 Å². The molecule has 0 aromatic carbocycles. The van der Waals surface area contributed by atoms with Gasteiger partial charge in [0.2, 0.25) is 0 Å². The van der Waals surface area contributed by atoms with Crippen molar-refractivity contribution >= 4 is 5.78 Å². The molecular weight excluding hydrogens is 184 g/mol. The molecule has 86 valence electrons. The van der Waals surface area contributed by atoms with E-state index in [1.165, 1.54) is 24.0 Å². The fourth-order valence-electron chi connectivity index (χ4n) is 2.63. The molecule has 1 aliphatic rings. The SMILES string of the molecule is CC(=O)CCC1=C(C)CC[C@@H](C)C1(C)C. The summed E-state index contributed by atoms with van der Waals surface area (Å²) in [6.45, 7) is 10.9. The van der Waals surface area contributed by atoms with E-state index in [1.807, 2.05) is 0 Å². The number of allylic oxidation sites excluding steroid dienone is 2. The van der Waals surface area contributed by atoms with E-state index in [1.54, 1.807) is 6.92 Å². The molecule has 0 spiro atoms. The monoisotopic (exact) mass is 208 g/mol. The van der Waals surface area contributed by atoms with Crippen molar-refractivity contribution in [3.8, 4) is 0 Å². The summed E-state index contributed by atoms with van der Waals surface area (Å²) < 4.78 is 0. The van der Waals surface area contributed by atoms with Gasteiger partial charge in [-0.3, -0.25) is 0 Å². The lowest BCUT2D eigenvalue weighted by molar-refractivity contribution is -0.117. The zero-order valence-electron chi connectivity index (χ0n) is 10.8. The van der Waals surface area contributed by atoms with Crippen molar-refractivity contribution in [1.82, 2.24) is 0 Å². The topological polar surface area (TPSA) is 17.1 Å². The van der Waals surface area contributed by atoms with Crippen LogP contribution in [0.4, 0.5) is 0 Å². The quantitative estimate of drug-likeness (QED) is 0.637. The Morgan fingerprint density at radius 2 is 2.07 bits per heavy atom. The van der Waals surface area contributed by atoms with Crippen molar-refractivity contribution < 1.29 is 4.79 Å². The molecular formula is C14H24O. The van der Waals surface area contributed by atoms with E-state index in [4.69, 9.17) is 0 Å². The first-order valence-corrected chi connectivity index (χ1v) is 6.04. The maximum absolute atomic E-state index is 11.1. The van der Waals surface area contributed by atoms with Crippen LogP contribution in [-0.4, -0.2) is 5.78 Å². The minimum atomic E-state index is 0.289.